The van der Waals surface area contributed by atoms with Crippen LogP contribution in [0.1, 0.15) is 55.6 Å². The molecule has 3 aromatic carbocycles. The van der Waals surface area contributed by atoms with E-state index < -0.39 is 0 Å². The highest BCUT2D eigenvalue weighted by atomic mass is 79.9. The van der Waals surface area contributed by atoms with Gasteiger partial charge in [0.05, 0.1) is 24.1 Å². The number of hydrogen-bond acceptors (Lipinski definition) is 4. The number of hydrogen-bond donors (Lipinski definition) is 1. The number of carbonyl (C=O) groups is 2. The zero-order chi connectivity index (χ0) is 29.5. The van der Waals surface area contributed by atoms with Crippen LogP contribution in [0.3, 0.4) is 0 Å². The van der Waals surface area contributed by atoms with Gasteiger partial charge < -0.3 is 10.2 Å². The Morgan fingerprint density at radius 2 is 1.74 bits per heavy atom. The highest BCUT2D eigenvalue weighted by Gasteiger charge is 2.33. The van der Waals surface area contributed by atoms with Crippen LogP contribution in [0.25, 0.3) is 11.3 Å². The Morgan fingerprint density at radius 1 is 1.02 bits per heavy atom. The Balaban J connectivity index is 1.51. The predicted octanol–water partition coefficient (Wildman–Crippen LogP) is 5.09. The molecule has 6 rings (SSSR count). The Bertz CT molecular complexity index is 1890. The van der Waals surface area contributed by atoms with E-state index >= 15 is 0 Å². The van der Waals surface area contributed by atoms with E-state index in [-0.39, 0.29) is 30.0 Å². The summed E-state index contributed by atoms with van der Waals surface area (Å²) in [6.45, 7) is 4.20. The molecule has 0 spiro atoms. The highest BCUT2D eigenvalue weighted by Crippen LogP contribution is 2.28. The van der Waals surface area contributed by atoms with Gasteiger partial charge in [-0.05, 0) is 73.9 Å². The van der Waals surface area contributed by atoms with E-state index in [0.29, 0.717) is 46.6 Å². The molecule has 1 aliphatic heterocycles. The molecule has 2 aromatic heterocycles. The van der Waals surface area contributed by atoms with Crippen molar-refractivity contribution in [3.05, 3.63) is 133 Å². The lowest BCUT2D eigenvalue weighted by Crippen LogP contribution is -2.46. The number of fused-ring (bicyclic) bond motifs is 3. The maximum Gasteiger partial charge on any atom is 0.261 e. The maximum absolute atomic E-state index is 14.3. The van der Waals surface area contributed by atoms with Gasteiger partial charge in [-0.2, -0.15) is 5.10 Å². The van der Waals surface area contributed by atoms with Crippen LogP contribution in [0.15, 0.2) is 88.3 Å². The van der Waals surface area contributed by atoms with Gasteiger partial charge in [0.25, 0.3) is 17.4 Å². The first-order valence-electron chi connectivity index (χ1n) is 13.8. The van der Waals surface area contributed by atoms with Crippen molar-refractivity contribution in [2.75, 3.05) is 7.05 Å². The third-order valence-electron chi connectivity index (χ3n) is 7.96. The highest BCUT2D eigenvalue weighted by molar-refractivity contribution is 9.10. The zero-order valence-corrected chi connectivity index (χ0v) is 25.2. The molecule has 1 aliphatic rings. The summed E-state index contributed by atoms with van der Waals surface area (Å²) in [5, 5.41) is 7.41. The second-order valence-electron chi connectivity index (χ2n) is 10.7. The van der Waals surface area contributed by atoms with E-state index in [1.54, 1.807) is 42.1 Å². The Kier molecular flexibility index (Phi) is 7.28. The topological polar surface area (TPSA) is 88.7 Å². The summed E-state index contributed by atoms with van der Waals surface area (Å²) in [7, 11) is 1.59. The van der Waals surface area contributed by atoms with Crippen molar-refractivity contribution in [2.24, 2.45) is 0 Å². The lowest BCUT2D eigenvalue weighted by Gasteiger charge is -2.35. The number of aromatic nitrogens is 3. The monoisotopic (exact) mass is 623 g/mol. The number of amides is 2. The lowest BCUT2D eigenvalue weighted by molar-refractivity contribution is 0.0651. The van der Waals surface area contributed by atoms with Crippen LogP contribution in [0.5, 0.6) is 0 Å². The van der Waals surface area contributed by atoms with Crippen LogP contribution in [0.2, 0.25) is 0 Å². The number of nitrogens with one attached hydrogen (secondary N) is 1. The molecule has 2 amide bonds. The fraction of sp³-hybridized carbons (Fsp3) is 0.212. The summed E-state index contributed by atoms with van der Waals surface area (Å²) in [6, 6.07) is 22.5. The predicted molar refractivity (Wildman–Crippen MR) is 165 cm³/mol. The van der Waals surface area contributed by atoms with Gasteiger partial charge in [0.15, 0.2) is 0 Å². The fourth-order valence-corrected chi connectivity index (χ4v) is 5.93. The molecule has 0 aliphatic carbocycles. The van der Waals surface area contributed by atoms with Crippen LogP contribution >= 0.6 is 15.9 Å². The molecule has 3 heterocycles. The molecule has 212 valence electrons. The second-order valence-corrected chi connectivity index (χ2v) is 11.6. The van der Waals surface area contributed by atoms with Crippen molar-refractivity contribution >= 4 is 33.4 Å². The molecule has 0 bridgehead atoms. The zero-order valence-electron chi connectivity index (χ0n) is 23.6. The number of halogens is 1. The molecule has 9 heteroatoms. The van der Waals surface area contributed by atoms with Crippen LogP contribution < -0.4 is 10.9 Å². The molecule has 0 fully saturated rings. The summed E-state index contributed by atoms with van der Waals surface area (Å²) >= 11 is 3.52. The largest absolute Gasteiger partial charge is 0.355 e. The van der Waals surface area contributed by atoms with Crippen LogP contribution in [0, 0.1) is 6.92 Å². The number of carbonyl (C=O) groups excluding carboxylic acids is 2. The van der Waals surface area contributed by atoms with Crippen molar-refractivity contribution in [3.63, 3.8) is 0 Å². The molecule has 1 N–H and O–H groups in total. The minimum atomic E-state index is -0.196. The third-order valence-corrected chi connectivity index (χ3v) is 8.85. The quantitative estimate of drug-likeness (QED) is 0.295. The van der Waals surface area contributed by atoms with Crippen molar-refractivity contribution < 1.29 is 9.59 Å². The van der Waals surface area contributed by atoms with E-state index in [0.717, 1.165) is 21.2 Å². The van der Waals surface area contributed by atoms with E-state index in [2.05, 4.69) is 21.2 Å². The number of nitrogens with zero attached hydrogens (tertiary/aromatic N) is 4. The first-order valence-corrected chi connectivity index (χ1v) is 14.6. The Hall–Kier alpha value is -4.50. The van der Waals surface area contributed by atoms with Crippen LogP contribution in [-0.2, 0) is 19.4 Å². The first-order chi connectivity index (χ1) is 20.3. The summed E-state index contributed by atoms with van der Waals surface area (Å²) in [5.74, 6) is -0.277. The number of aryl methyl sites for hydroxylation is 1. The maximum atomic E-state index is 14.3. The molecule has 0 saturated heterocycles. The fourth-order valence-electron chi connectivity index (χ4n) is 5.69. The van der Waals surface area contributed by atoms with Crippen LogP contribution in [0.4, 0.5) is 0 Å². The average Bonchev–Trinajstić information content (AvgIpc) is 3.41. The van der Waals surface area contributed by atoms with Gasteiger partial charge in [-0.15, -0.1) is 0 Å². The smallest absolute Gasteiger partial charge is 0.261 e. The SMILES string of the molecule is CNC(=O)c1ccc(-n2c(=O)c3c(n4ncc(Cc5ccccc5)c24)CN(C(=O)c2ccc(Br)c(C)c2)C(C)C3)cc1. The molecule has 42 heavy (non-hydrogen) atoms. The molecule has 0 saturated carbocycles. The number of rotatable bonds is 5. The molecule has 8 nitrogen and oxygen atoms in total. The van der Waals surface area contributed by atoms with Crippen molar-refractivity contribution in [3.8, 4) is 5.69 Å². The minimum Gasteiger partial charge on any atom is -0.355 e. The molecular weight excluding hydrogens is 594 g/mol. The van der Waals surface area contributed by atoms with Gasteiger partial charge in [0, 0.05) is 46.2 Å². The van der Waals surface area contributed by atoms with Crippen molar-refractivity contribution in [2.45, 2.75) is 39.3 Å². The summed E-state index contributed by atoms with van der Waals surface area (Å²) in [4.78, 5) is 42.0. The normalized spacial score (nSPS) is 14.6. The number of benzene rings is 3. The summed E-state index contributed by atoms with van der Waals surface area (Å²) in [6.07, 6.45) is 2.78. The van der Waals surface area contributed by atoms with Gasteiger partial charge in [-0.25, -0.2) is 4.52 Å². The second kappa shape index (κ2) is 11.1. The van der Waals surface area contributed by atoms with E-state index in [4.69, 9.17) is 5.10 Å². The van der Waals surface area contributed by atoms with Gasteiger partial charge in [-0.1, -0.05) is 46.3 Å². The van der Waals surface area contributed by atoms with Gasteiger partial charge in [0.1, 0.15) is 5.65 Å². The van der Waals surface area contributed by atoms with Crippen molar-refractivity contribution in [1.29, 1.82) is 0 Å². The standard InChI is InChI=1S/C33H30BrN5O3/c1-20-15-24(11-14-28(20)34)32(41)37-19-29-27(16-21(37)2)33(42)38(26-12-9-23(10-13-26)30(40)35-3)31-25(18-36-39(29)31)17-22-7-5-4-6-8-22/h4-15,18,21H,16-17,19H2,1-3H3,(H,35,40). The molecular formula is C33H30BrN5O3. The van der Waals surface area contributed by atoms with E-state index in [1.165, 1.54) is 0 Å². The van der Waals surface area contributed by atoms with Gasteiger partial charge in [-0.3, -0.25) is 19.0 Å². The minimum absolute atomic E-state index is 0.0810. The summed E-state index contributed by atoms with van der Waals surface area (Å²) in [5.41, 5.74) is 6.58. The van der Waals surface area contributed by atoms with Crippen molar-refractivity contribution in [1.82, 2.24) is 24.4 Å². The van der Waals surface area contributed by atoms with E-state index in [9.17, 15) is 14.4 Å². The first kappa shape index (κ1) is 27.7. The molecule has 1 atom stereocenters. The van der Waals surface area contributed by atoms with Crippen LogP contribution in [-0.4, -0.2) is 44.0 Å². The molecule has 5 aromatic rings. The van der Waals surface area contributed by atoms with Gasteiger partial charge >= 0.3 is 0 Å². The Labute approximate surface area is 251 Å². The lowest BCUT2D eigenvalue weighted by atomic mass is 9.97. The average molecular weight is 625 g/mol. The molecule has 1 unspecified atom stereocenters. The van der Waals surface area contributed by atoms with E-state index in [1.807, 2.05) is 71.8 Å². The Morgan fingerprint density at radius 3 is 2.43 bits per heavy atom. The molecule has 0 radical (unpaired) electrons. The van der Waals surface area contributed by atoms with Gasteiger partial charge in [0.2, 0.25) is 0 Å². The summed E-state index contributed by atoms with van der Waals surface area (Å²) < 4.78 is 4.46. The third kappa shape index (κ3) is 4.83.